The normalized spacial score (nSPS) is 10.2. The van der Waals surface area contributed by atoms with Crippen LogP contribution in [0.2, 0.25) is 0 Å². The largest absolute Gasteiger partial charge is 0.378 e. The van der Waals surface area contributed by atoms with Gasteiger partial charge >= 0.3 is 0 Å². The number of carbonyl (C=O) groups is 1. The van der Waals surface area contributed by atoms with Crippen LogP contribution in [0.1, 0.15) is 21.5 Å². The molecule has 0 aliphatic rings. The Morgan fingerprint density at radius 3 is 2.45 bits per heavy atom. The molecule has 104 valence electrons. The van der Waals surface area contributed by atoms with Gasteiger partial charge in [0.1, 0.15) is 0 Å². The Bertz CT molecular complexity index is 588. The van der Waals surface area contributed by atoms with E-state index < -0.39 is 0 Å². The van der Waals surface area contributed by atoms with E-state index in [1.165, 1.54) is 0 Å². The number of amides is 1. The predicted octanol–water partition coefficient (Wildman–Crippen LogP) is 2.99. The third-order valence-corrected chi connectivity index (χ3v) is 3.19. The molecule has 0 saturated heterocycles. The van der Waals surface area contributed by atoms with Gasteiger partial charge in [-0.1, -0.05) is 29.8 Å². The van der Waals surface area contributed by atoms with E-state index in [4.69, 9.17) is 0 Å². The lowest BCUT2D eigenvalue weighted by molar-refractivity contribution is 0.0951. The summed E-state index contributed by atoms with van der Waals surface area (Å²) >= 11 is 0. The van der Waals surface area contributed by atoms with Crippen molar-refractivity contribution in [3.05, 3.63) is 65.2 Å². The van der Waals surface area contributed by atoms with E-state index >= 15 is 0 Å². The molecule has 0 bridgehead atoms. The van der Waals surface area contributed by atoms with Crippen LogP contribution in [0.15, 0.2) is 48.5 Å². The van der Waals surface area contributed by atoms with Crippen molar-refractivity contribution in [2.75, 3.05) is 19.0 Å². The van der Waals surface area contributed by atoms with Gasteiger partial charge in [-0.3, -0.25) is 4.79 Å². The highest BCUT2D eigenvalue weighted by Gasteiger charge is 2.05. The minimum atomic E-state index is -0.0414. The topological polar surface area (TPSA) is 32.3 Å². The summed E-state index contributed by atoms with van der Waals surface area (Å²) in [6, 6.07) is 15.7. The van der Waals surface area contributed by atoms with Crippen LogP contribution in [0, 0.1) is 6.92 Å². The molecule has 0 heterocycles. The first-order valence-corrected chi connectivity index (χ1v) is 6.67. The third kappa shape index (κ3) is 3.60. The summed E-state index contributed by atoms with van der Waals surface area (Å²) < 4.78 is 0. The molecule has 0 atom stereocenters. The maximum absolute atomic E-state index is 12.0. The van der Waals surface area contributed by atoms with Crippen LogP contribution in [0.3, 0.4) is 0 Å². The van der Waals surface area contributed by atoms with Crippen molar-refractivity contribution in [3.63, 3.8) is 0 Å². The van der Waals surface area contributed by atoms with E-state index in [9.17, 15) is 4.79 Å². The highest BCUT2D eigenvalue weighted by molar-refractivity contribution is 5.94. The van der Waals surface area contributed by atoms with Crippen molar-refractivity contribution in [1.29, 1.82) is 0 Å². The first-order chi connectivity index (χ1) is 9.56. The summed E-state index contributed by atoms with van der Waals surface area (Å²) in [6.07, 6.45) is 0. The summed E-state index contributed by atoms with van der Waals surface area (Å²) in [5.74, 6) is -0.0414. The summed E-state index contributed by atoms with van der Waals surface area (Å²) in [6.45, 7) is 2.54. The molecule has 0 aromatic heterocycles. The molecule has 2 rings (SSSR count). The molecule has 0 unspecified atom stereocenters. The first-order valence-electron chi connectivity index (χ1n) is 6.67. The molecular weight excluding hydrogens is 248 g/mol. The van der Waals surface area contributed by atoms with Crippen LogP contribution in [-0.4, -0.2) is 20.0 Å². The van der Waals surface area contributed by atoms with E-state index in [0.29, 0.717) is 12.1 Å². The molecule has 20 heavy (non-hydrogen) atoms. The molecule has 3 heteroatoms. The standard InChI is InChI=1S/C17H20N2O/c1-13-7-9-15(10-8-13)17(20)18-12-14-5-4-6-16(11-14)19(2)3/h4-11H,12H2,1-3H3,(H,18,20). The van der Waals surface area contributed by atoms with Crippen LogP contribution in [0.4, 0.5) is 5.69 Å². The molecule has 0 aliphatic heterocycles. The van der Waals surface area contributed by atoms with Crippen LogP contribution in [-0.2, 0) is 6.54 Å². The van der Waals surface area contributed by atoms with Crippen molar-refractivity contribution >= 4 is 11.6 Å². The Kier molecular flexibility index (Phi) is 4.41. The highest BCUT2D eigenvalue weighted by Crippen LogP contribution is 2.13. The minimum absolute atomic E-state index is 0.0414. The first kappa shape index (κ1) is 14.1. The lowest BCUT2D eigenvalue weighted by Gasteiger charge is -2.14. The smallest absolute Gasteiger partial charge is 0.251 e. The maximum atomic E-state index is 12.0. The van der Waals surface area contributed by atoms with Crippen LogP contribution >= 0.6 is 0 Å². The lowest BCUT2D eigenvalue weighted by atomic mass is 10.1. The average molecular weight is 268 g/mol. The summed E-state index contributed by atoms with van der Waals surface area (Å²) in [4.78, 5) is 14.1. The quantitative estimate of drug-likeness (QED) is 0.924. The highest BCUT2D eigenvalue weighted by atomic mass is 16.1. The Hall–Kier alpha value is -2.29. The Balaban J connectivity index is 1.99. The van der Waals surface area contributed by atoms with Gasteiger partial charge in [-0.05, 0) is 36.8 Å². The fraction of sp³-hybridized carbons (Fsp3) is 0.235. The number of carbonyl (C=O) groups excluding carboxylic acids is 1. The number of nitrogens with one attached hydrogen (secondary N) is 1. The molecule has 0 radical (unpaired) electrons. The van der Waals surface area contributed by atoms with Gasteiger partial charge in [-0.15, -0.1) is 0 Å². The third-order valence-electron chi connectivity index (χ3n) is 3.19. The zero-order chi connectivity index (χ0) is 14.5. The van der Waals surface area contributed by atoms with Crippen LogP contribution in [0.5, 0.6) is 0 Å². The molecule has 0 spiro atoms. The number of anilines is 1. The van der Waals surface area contributed by atoms with Gasteiger partial charge in [0, 0.05) is 31.9 Å². The minimum Gasteiger partial charge on any atom is -0.378 e. The maximum Gasteiger partial charge on any atom is 0.251 e. The molecule has 2 aromatic rings. The van der Waals surface area contributed by atoms with E-state index in [2.05, 4.69) is 11.4 Å². The van der Waals surface area contributed by atoms with Gasteiger partial charge < -0.3 is 10.2 Å². The fourth-order valence-electron chi connectivity index (χ4n) is 1.93. The van der Waals surface area contributed by atoms with Gasteiger partial charge in [-0.25, -0.2) is 0 Å². The Labute approximate surface area is 120 Å². The fourth-order valence-corrected chi connectivity index (χ4v) is 1.93. The van der Waals surface area contributed by atoms with Crippen molar-refractivity contribution < 1.29 is 4.79 Å². The average Bonchev–Trinajstić information content (AvgIpc) is 2.46. The van der Waals surface area contributed by atoms with Gasteiger partial charge in [0.15, 0.2) is 0 Å². The summed E-state index contributed by atoms with van der Waals surface area (Å²) in [5, 5.41) is 2.94. The van der Waals surface area contributed by atoms with E-state index in [-0.39, 0.29) is 5.91 Å². The zero-order valence-electron chi connectivity index (χ0n) is 12.2. The molecule has 0 aliphatic carbocycles. The van der Waals surface area contributed by atoms with Gasteiger partial charge in [0.2, 0.25) is 0 Å². The van der Waals surface area contributed by atoms with Crippen molar-refractivity contribution in [3.8, 4) is 0 Å². The second kappa shape index (κ2) is 6.24. The second-order valence-corrected chi connectivity index (χ2v) is 5.11. The van der Waals surface area contributed by atoms with Gasteiger partial charge in [-0.2, -0.15) is 0 Å². The van der Waals surface area contributed by atoms with Gasteiger partial charge in [0.25, 0.3) is 5.91 Å². The Morgan fingerprint density at radius 1 is 1.10 bits per heavy atom. The number of hydrogen-bond acceptors (Lipinski definition) is 2. The molecule has 0 saturated carbocycles. The number of aryl methyl sites for hydroxylation is 1. The monoisotopic (exact) mass is 268 g/mol. The molecule has 2 aromatic carbocycles. The number of nitrogens with zero attached hydrogens (tertiary/aromatic N) is 1. The molecule has 1 N–H and O–H groups in total. The van der Waals surface area contributed by atoms with Crippen molar-refractivity contribution in [2.24, 2.45) is 0 Å². The number of benzene rings is 2. The lowest BCUT2D eigenvalue weighted by Crippen LogP contribution is -2.22. The van der Waals surface area contributed by atoms with E-state index in [1.54, 1.807) is 0 Å². The van der Waals surface area contributed by atoms with Crippen LogP contribution in [0.25, 0.3) is 0 Å². The van der Waals surface area contributed by atoms with E-state index in [0.717, 1.165) is 16.8 Å². The van der Waals surface area contributed by atoms with Crippen LogP contribution < -0.4 is 10.2 Å². The molecular formula is C17H20N2O. The second-order valence-electron chi connectivity index (χ2n) is 5.11. The molecule has 0 fully saturated rings. The molecule has 1 amide bonds. The summed E-state index contributed by atoms with van der Waals surface area (Å²) in [5.41, 5.74) is 4.07. The van der Waals surface area contributed by atoms with Crippen molar-refractivity contribution in [1.82, 2.24) is 5.32 Å². The van der Waals surface area contributed by atoms with Gasteiger partial charge in [0.05, 0.1) is 0 Å². The predicted molar refractivity (Wildman–Crippen MR) is 83.1 cm³/mol. The SMILES string of the molecule is Cc1ccc(C(=O)NCc2cccc(N(C)C)c2)cc1. The molecule has 3 nitrogen and oxygen atoms in total. The summed E-state index contributed by atoms with van der Waals surface area (Å²) in [7, 11) is 4.01. The number of hydrogen-bond donors (Lipinski definition) is 1. The van der Waals surface area contributed by atoms with Crippen molar-refractivity contribution in [2.45, 2.75) is 13.5 Å². The Morgan fingerprint density at radius 2 is 1.80 bits per heavy atom. The number of rotatable bonds is 4. The zero-order valence-corrected chi connectivity index (χ0v) is 12.2. The van der Waals surface area contributed by atoms with E-state index in [1.807, 2.05) is 68.4 Å².